The number of carbonyl (C=O) groups excluding carboxylic acids is 2. The third-order valence-electron chi connectivity index (χ3n) is 4.12. The maximum Gasteiger partial charge on any atom is 0.224 e. The number of carbonyl (C=O) groups is 2. The van der Waals surface area contributed by atoms with Crippen LogP contribution in [0.5, 0.6) is 5.75 Å². The van der Waals surface area contributed by atoms with Gasteiger partial charge in [0.25, 0.3) is 0 Å². The molecule has 1 aromatic rings. The molecule has 1 saturated heterocycles. The first-order valence-corrected chi connectivity index (χ1v) is 8.36. The van der Waals surface area contributed by atoms with E-state index in [0.717, 1.165) is 38.1 Å². The fraction of sp³-hybridized carbons (Fsp3) is 0.556. The van der Waals surface area contributed by atoms with Crippen molar-refractivity contribution in [3.05, 3.63) is 29.8 Å². The number of benzene rings is 1. The van der Waals surface area contributed by atoms with E-state index in [1.807, 2.05) is 17.0 Å². The molecule has 0 unspecified atom stereocenters. The number of nitrogens with one attached hydrogen (secondary N) is 1. The first kappa shape index (κ1) is 17.3. The van der Waals surface area contributed by atoms with Crippen molar-refractivity contribution in [2.45, 2.75) is 45.6 Å². The Morgan fingerprint density at radius 3 is 2.70 bits per heavy atom. The van der Waals surface area contributed by atoms with E-state index in [2.05, 4.69) is 24.4 Å². The Balaban J connectivity index is 1.75. The van der Waals surface area contributed by atoms with E-state index in [0.29, 0.717) is 13.0 Å². The second kappa shape index (κ2) is 8.56. The number of rotatable bonds is 6. The average Bonchev–Trinajstić information content (AvgIpc) is 2.55. The number of piperidine rings is 1. The zero-order chi connectivity index (χ0) is 16.7. The lowest BCUT2D eigenvalue weighted by molar-refractivity contribution is -0.132. The zero-order valence-corrected chi connectivity index (χ0v) is 14.0. The zero-order valence-electron chi connectivity index (χ0n) is 14.0. The number of amides is 2. The highest BCUT2D eigenvalue weighted by Gasteiger charge is 2.23. The lowest BCUT2D eigenvalue weighted by Gasteiger charge is -2.32. The average molecular weight is 318 g/mol. The number of aryl methyl sites for hydroxylation is 1. The molecule has 1 fully saturated rings. The van der Waals surface area contributed by atoms with Gasteiger partial charge in [-0.3, -0.25) is 9.59 Å². The Bertz CT molecular complexity index is 537. The minimum Gasteiger partial charge on any atom is -0.490 e. The van der Waals surface area contributed by atoms with Crippen molar-refractivity contribution in [1.82, 2.24) is 10.2 Å². The lowest BCUT2D eigenvalue weighted by atomic mass is 10.1. The maximum atomic E-state index is 12.1. The van der Waals surface area contributed by atoms with Gasteiger partial charge in [-0.15, -0.1) is 0 Å². The van der Waals surface area contributed by atoms with Gasteiger partial charge in [0, 0.05) is 45.8 Å². The highest BCUT2D eigenvalue weighted by atomic mass is 16.5. The summed E-state index contributed by atoms with van der Waals surface area (Å²) in [6.45, 7) is 5.44. The van der Waals surface area contributed by atoms with Gasteiger partial charge in [0.15, 0.2) is 0 Å². The topological polar surface area (TPSA) is 58.6 Å². The van der Waals surface area contributed by atoms with Crippen molar-refractivity contribution in [1.29, 1.82) is 0 Å². The molecule has 0 radical (unpaired) electrons. The summed E-state index contributed by atoms with van der Waals surface area (Å²) in [4.78, 5) is 24.7. The summed E-state index contributed by atoms with van der Waals surface area (Å²) in [7, 11) is 0. The van der Waals surface area contributed by atoms with Crippen LogP contribution in [0.4, 0.5) is 0 Å². The van der Waals surface area contributed by atoms with Crippen molar-refractivity contribution in [2.75, 3.05) is 19.6 Å². The summed E-state index contributed by atoms with van der Waals surface area (Å²) in [6, 6.07) is 8.20. The Kier molecular flexibility index (Phi) is 6.44. The fourth-order valence-corrected chi connectivity index (χ4v) is 2.76. The van der Waals surface area contributed by atoms with Gasteiger partial charge in [0.2, 0.25) is 11.8 Å². The normalized spacial score (nSPS) is 15.3. The quantitative estimate of drug-likeness (QED) is 0.874. The number of ether oxygens (including phenoxy) is 1. The van der Waals surface area contributed by atoms with Crippen LogP contribution in [0, 0.1) is 0 Å². The molecule has 0 bridgehead atoms. The number of likely N-dealkylation sites (tertiary alicyclic amines) is 1. The van der Waals surface area contributed by atoms with Crippen LogP contribution in [0.15, 0.2) is 24.3 Å². The van der Waals surface area contributed by atoms with E-state index in [1.54, 1.807) is 0 Å². The molecule has 23 heavy (non-hydrogen) atoms. The van der Waals surface area contributed by atoms with Gasteiger partial charge < -0.3 is 15.0 Å². The van der Waals surface area contributed by atoms with Crippen LogP contribution in [0.1, 0.15) is 38.7 Å². The van der Waals surface area contributed by atoms with Crippen LogP contribution < -0.4 is 10.1 Å². The second-order valence-corrected chi connectivity index (χ2v) is 5.93. The van der Waals surface area contributed by atoms with Crippen molar-refractivity contribution < 1.29 is 14.3 Å². The number of hydrogen-bond donors (Lipinski definition) is 1. The summed E-state index contributed by atoms with van der Waals surface area (Å²) in [5.41, 5.74) is 1.27. The van der Waals surface area contributed by atoms with Crippen LogP contribution in [-0.4, -0.2) is 42.5 Å². The van der Waals surface area contributed by atoms with Gasteiger partial charge in [0.1, 0.15) is 11.9 Å². The van der Waals surface area contributed by atoms with E-state index >= 15 is 0 Å². The molecular weight excluding hydrogens is 292 g/mol. The molecule has 126 valence electrons. The number of nitrogens with zero attached hydrogens (tertiary/aromatic N) is 1. The van der Waals surface area contributed by atoms with Gasteiger partial charge in [-0.1, -0.05) is 19.1 Å². The van der Waals surface area contributed by atoms with Gasteiger partial charge in [-0.25, -0.2) is 0 Å². The molecule has 0 atom stereocenters. The van der Waals surface area contributed by atoms with Gasteiger partial charge >= 0.3 is 0 Å². The molecule has 0 saturated carbocycles. The predicted molar refractivity (Wildman–Crippen MR) is 89.4 cm³/mol. The molecule has 0 aromatic heterocycles. The second-order valence-electron chi connectivity index (χ2n) is 5.93. The highest BCUT2D eigenvalue weighted by molar-refractivity contribution is 5.78. The molecule has 2 amide bonds. The molecule has 0 aliphatic carbocycles. The summed E-state index contributed by atoms with van der Waals surface area (Å²) in [6.07, 6.45) is 3.23. The third kappa shape index (κ3) is 5.58. The van der Waals surface area contributed by atoms with E-state index < -0.39 is 0 Å². The minimum atomic E-state index is -0.0979. The molecule has 1 heterocycles. The molecule has 1 aliphatic rings. The molecule has 0 spiro atoms. The SMILES string of the molecule is CCc1cccc(OC2CCN(C(=O)CCNC(C)=O)CC2)c1. The van der Waals surface area contributed by atoms with Crippen molar-refractivity contribution >= 4 is 11.8 Å². The van der Waals surface area contributed by atoms with E-state index in [4.69, 9.17) is 4.74 Å². The summed E-state index contributed by atoms with van der Waals surface area (Å²) in [5, 5.41) is 2.66. The van der Waals surface area contributed by atoms with Crippen molar-refractivity contribution in [2.24, 2.45) is 0 Å². The smallest absolute Gasteiger partial charge is 0.224 e. The first-order valence-electron chi connectivity index (χ1n) is 8.36. The largest absolute Gasteiger partial charge is 0.490 e. The predicted octanol–water partition coefficient (Wildman–Crippen LogP) is 2.14. The van der Waals surface area contributed by atoms with Gasteiger partial charge in [-0.2, -0.15) is 0 Å². The highest BCUT2D eigenvalue weighted by Crippen LogP contribution is 2.20. The Morgan fingerprint density at radius 1 is 1.30 bits per heavy atom. The van der Waals surface area contributed by atoms with Crippen LogP contribution >= 0.6 is 0 Å². The van der Waals surface area contributed by atoms with Crippen molar-refractivity contribution in [3.63, 3.8) is 0 Å². The Morgan fingerprint density at radius 2 is 2.04 bits per heavy atom. The standard InChI is InChI=1S/C18H26N2O3/c1-3-15-5-4-6-17(13-15)23-16-8-11-20(12-9-16)18(22)7-10-19-14(2)21/h4-6,13,16H,3,7-12H2,1-2H3,(H,19,21). The van der Waals surface area contributed by atoms with Crippen LogP contribution in [0.25, 0.3) is 0 Å². The Hall–Kier alpha value is -2.04. The number of hydrogen-bond acceptors (Lipinski definition) is 3. The summed E-state index contributed by atoms with van der Waals surface area (Å²) >= 11 is 0. The molecule has 5 heteroatoms. The minimum absolute atomic E-state index is 0.0979. The van der Waals surface area contributed by atoms with Gasteiger partial charge in [-0.05, 0) is 24.1 Å². The lowest BCUT2D eigenvalue weighted by Crippen LogP contribution is -2.42. The van der Waals surface area contributed by atoms with E-state index in [1.165, 1.54) is 12.5 Å². The fourth-order valence-electron chi connectivity index (χ4n) is 2.76. The third-order valence-corrected chi connectivity index (χ3v) is 4.12. The van der Waals surface area contributed by atoms with E-state index in [9.17, 15) is 9.59 Å². The van der Waals surface area contributed by atoms with Crippen LogP contribution in [0.3, 0.4) is 0 Å². The van der Waals surface area contributed by atoms with E-state index in [-0.39, 0.29) is 17.9 Å². The van der Waals surface area contributed by atoms with Crippen LogP contribution in [-0.2, 0) is 16.0 Å². The molecule has 1 N–H and O–H groups in total. The molecule has 5 nitrogen and oxygen atoms in total. The van der Waals surface area contributed by atoms with Crippen molar-refractivity contribution in [3.8, 4) is 5.75 Å². The Labute approximate surface area is 138 Å². The van der Waals surface area contributed by atoms with Crippen LogP contribution in [0.2, 0.25) is 0 Å². The molecule has 2 rings (SSSR count). The summed E-state index contributed by atoms with van der Waals surface area (Å²) in [5.74, 6) is 0.921. The monoisotopic (exact) mass is 318 g/mol. The summed E-state index contributed by atoms with van der Waals surface area (Å²) < 4.78 is 6.04. The first-order chi connectivity index (χ1) is 11.1. The molecule has 1 aliphatic heterocycles. The molecular formula is C18H26N2O3. The van der Waals surface area contributed by atoms with Gasteiger partial charge in [0.05, 0.1) is 0 Å². The maximum absolute atomic E-state index is 12.1. The molecule has 1 aromatic carbocycles.